The van der Waals surface area contributed by atoms with Gasteiger partial charge in [0.25, 0.3) is 0 Å². The van der Waals surface area contributed by atoms with E-state index in [2.05, 4.69) is 72.6 Å². The number of aliphatic hydroxyl groups is 2. The van der Waals surface area contributed by atoms with Crippen LogP contribution in [0.1, 0.15) is 84.0 Å². The van der Waals surface area contributed by atoms with Crippen molar-refractivity contribution in [1.82, 2.24) is 19.6 Å². The van der Waals surface area contributed by atoms with E-state index < -0.39 is 12.2 Å². The third kappa shape index (κ3) is 6.53. The van der Waals surface area contributed by atoms with Crippen LogP contribution in [0.4, 0.5) is 8.78 Å². The van der Waals surface area contributed by atoms with Crippen molar-refractivity contribution >= 4 is 55.0 Å². The molecule has 6 atom stereocenters. The van der Waals surface area contributed by atoms with Crippen LogP contribution in [-0.4, -0.2) is 29.8 Å². The second kappa shape index (κ2) is 15.1. The van der Waals surface area contributed by atoms with Crippen molar-refractivity contribution in [2.45, 2.75) is 64.6 Å². The van der Waals surface area contributed by atoms with Crippen LogP contribution in [-0.2, 0) is 12.8 Å². The largest absolute Gasteiger partial charge is 0.387 e. The summed E-state index contributed by atoms with van der Waals surface area (Å²) >= 11 is 3.40. The van der Waals surface area contributed by atoms with Crippen LogP contribution in [0.25, 0.3) is 43.7 Å². The second-order valence-corrected chi connectivity index (χ2v) is 20.2. The lowest BCUT2D eigenvalue weighted by Gasteiger charge is -2.38. The van der Waals surface area contributed by atoms with Crippen LogP contribution in [0.5, 0.6) is 0 Å². The SMILES string of the molecule is C[C@]12Cc3cnn(-c4ccc(F)cc4)c3C=C1CC[C@@H]2[C@@H](O)c1cc2ccccc2s1.C[C@]12Cc3cnn(-c4ccc(F)cc4)c3C=C1CC[C@@H]2[C@H](O)c1cc2ccccc2s1. The van der Waals surface area contributed by atoms with E-state index in [1.165, 1.54) is 66.7 Å². The van der Waals surface area contributed by atoms with Crippen molar-refractivity contribution in [2.24, 2.45) is 22.7 Å². The number of fused-ring (bicyclic) bond motifs is 6. The molecular weight excluding hydrogens is 815 g/mol. The molecule has 62 heavy (non-hydrogen) atoms. The monoisotopic (exact) mass is 860 g/mol. The zero-order valence-electron chi connectivity index (χ0n) is 34.5. The summed E-state index contributed by atoms with van der Waals surface area (Å²) in [7, 11) is 0. The maximum absolute atomic E-state index is 13.4. The van der Waals surface area contributed by atoms with E-state index >= 15 is 0 Å². The number of hydrogen-bond donors (Lipinski definition) is 2. The molecule has 0 spiro atoms. The Morgan fingerprint density at radius 1 is 0.597 bits per heavy atom. The van der Waals surface area contributed by atoms with Crippen molar-refractivity contribution < 1.29 is 19.0 Å². The van der Waals surface area contributed by atoms with Gasteiger partial charge in [-0.15, -0.1) is 22.7 Å². The van der Waals surface area contributed by atoms with Gasteiger partial charge in [-0.1, -0.05) is 61.4 Å². The van der Waals surface area contributed by atoms with Gasteiger partial charge in [-0.3, -0.25) is 0 Å². The number of hydrogen-bond acceptors (Lipinski definition) is 6. The normalized spacial score (nSPS) is 23.5. The molecule has 0 amide bonds. The van der Waals surface area contributed by atoms with Crippen molar-refractivity contribution in [1.29, 1.82) is 0 Å². The number of nitrogens with zero attached hydrogens (tertiary/aromatic N) is 4. The molecule has 4 aliphatic carbocycles. The molecule has 312 valence electrons. The van der Waals surface area contributed by atoms with Gasteiger partial charge in [0.15, 0.2) is 0 Å². The summed E-state index contributed by atoms with van der Waals surface area (Å²) in [5.41, 5.74) is 8.86. The average molecular weight is 861 g/mol. The molecule has 0 radical (unpaired) electrons. The van der Waals surface area contributed by atoms with Crippen LogP contribution in [0, 0.1) is 34.3 Å². The Morgan fingerprint density at radius 2 is 1.00 bits per heavy atom. The lowest BCUT2D eigenvalue weighted by molar-refractivity contribution is 0.0581. The molecule has 4 heterocycles. The Kier molecular flexibility index (Phi) is 9.57. The van der Waals surface area contributed by atoms with Crippen LogP contribution < -0.4 is 0 Å². The standard InChI is InChI=1S/2C26H23FN2OS/c2*1-26-14-17-15-28-29(20-9-7-19(27)8-10-20)22(17)13-18(26)6-11-21(26)25(30)24-12-16-4-2-3-5-23(16)31-24/h2*2-5,7-10,12-13,15,21,25,30H,6,11,14H2,1H3/t21-,25+,26+;21-,25-,26+/m11/s1. The van der Waals surface area contributed by atoms with E-state index in [0.717, 1.165) is 71.0 Å². The summed E-state index contributed by atoms with van der Waals surface area (Å²) in [4.78, 5) is 2.11. The topological polar surface area (TPSA) is 76.1 Å². The van der Waals surface area contributed by atoms with Gasteiger partial charge in [0.2, 0.25) is 0 Å². The molecule has 4 aromatic carbocycles. The zero-order chi connectivity index (χ0) is 42.3. The van der Waals surface area contributed by atoms with E-state index in [1.54, 1.807) is 46.9 Å². The zero-order valence-corrected chi connectivity index (χ0v) is 36.1. The lowest BCUT2D eigenvalue weighted by Crippen LogP contribution is -2.32. The predicted molar refractivity (Wildman–Crippen MR) is 246 cm³/mol. The van der Waals surface area contributed by atoms with Crippen molar-refractivity contribution in [3.05, 3.63) is 177 Å². The van der Waals surface area contributed by atoms with Crippen LogP contribution >= 0.6 is 22.7 Å². The van der Waals surface area contributed by atoms with Gasteiger partial charge in [-0.25, -0.2) is 18.1 Å². The van der Waals surface area contributed by atoms with E-state index in [9.17, 15) is 19.0 Å². The maximum atomic E-state index is 13.4. The molecule has 0 unspecified atom stereocenters. The first-order valence-electron chi connectivity index (χ1n) is 21.5. The Hall–Kier alpha value is -5.52. The minimum Gasteiger partial charge on any atom is -0.387 e. The fourth-order valence-electron chi connectivity index (χ4n) is 11.0. The van der Waals surface area contributed by atoms with E-state index in [1.807, 2.05) is 46.0 Å². The molecule has 4 aromatic heterocycles. The highest BCUT2D eigenvalue weighted by Gasteiger charge is 2.50. The van der Waals surface area contributed by atoms with E-state index in [0.29, 0.717) is 0 Å². The molecule has 12 rings (SSSR count). The average Bonchev–Trinajstić information content (AvgIpc) is 4.14. The predicted octanol–water partition coefficient (Wildman–Crippen LogP) is 12.6. The first-order chi connectivity index (χ1) is 30.1. The summed E-state index contributed by atoms with van der Waals surface area (Å²) in [6.45, 7) is 4.59. The van der Waals surface area contributed by atoms with Gasteiger partial charge < -0.3 is 10.2 Å². The van der Waals surface area contributed by atoms with Crippen LogP contribution in [0.2, 0.25) is 0 Å². The molecular formula is C52H46F2N4O2S2. The summed E-state index contributed by atoms with van der Waals surface area (Å²) in [5, 5.41) is 34.4. The third-order valence-corrected chi connectivity index (χ3v) is 16.8. The second-order valence-electron chi connectivity index (χ2n) is 18.0. The number of allylic oxidation sites excluding steroid dienone is 2. The number of thiophene rings is 2. The van der Waals surface area contributed by atoms with Crippen molar-refractivity contribution in [2.75, 3.05) is 0 Å². The Balaban J connectivity index is 0.000000139. The molecule has 0 bridgehead atoms. The van der Waals surface area contributed by atoms with Crippen molar-refractivity contribution in [3.8, 4) is 11.4 Å². The van der Waals surface area contributed by atoms with E-state index in [-0.39, 0.29) is 34.3 Å². The first-order valence-corrected chi connectivity index (χ1v) is 23.1. The third-order valence-electron chi connectivity index (χ3n) is 14.4. The van der Waals surface area contributed by atoms with Gasteiger partial charge in [0.1, 0.15) is 11.6 Å². The first kappa shape index (κ1) is 39.3. The maximum Gasteiger partial charge on any atom is 0.123 e. The number of halogens is 2. The molecule has 2 N–H and O–H groups in total. The molecule has 2 fully saturated rings. The van der Waals surface area contributed by atoms with Crippen molar-refractivity contribution in [3.63, 3.8) is 0 Å². The number of aliphatic hydroxyl groups excluding tert-OH is 2. The summed E-state index contributed by atoms with van der Waals surface area (Å²) in [6, 6.07) is 33.9. The molecule has 0 saturated heterocycles. The molecule has 8 aromatic rings. The number of rotatable bonds is 6. The Morgan fingerprint density at radius 3 is 1.40 bits per heavy atom. The minimum atomic E-state index is -0.470. The Bertz CT molecular complexity index is 2780. The highest BCUT2D eigenvalue weighted by Crippen LogP contribution is 2.59. The van der Waals surface area contributed by atoms with Crippen LogP contribution in [0.15, 0.2) is 133 Å². The number of aromatic nitrogens is 4. The van der Waals surface area contributed by atoms with Crippen LogP contribution in [0.3, 0.4) is 0 Å². The summed E-state index contributed by atoms with van der Waals surface area (Å²) in [5.74, 6) is -0.141. The summed E-state index contributed by atoms with van der Waals surface area (Å²) < 4.78 is 33.0. The van der Waals surface area contributed by atoms with Gasteiger partial charge in [0, 0.05) is 19.2 Å². The molecule has 6 nitrogen and oxygen atoms in total. The van der Waals surface area contributed by atoms with Gasteiger partial charge in [0.05, 0.1) is 47.4 Å². The smallest absolute Gasteiger partial charge is 0.123 e. The van der Waals surface area contributed by atoms with Gasteiger partial charge >= 0.3 is 0 Å². The van der Waals surface area contributed by atoms with E-state index in [4.69, 9.17) is 0 Å². The summed E-state index contributed by atoms with van der Waals surface area (Å²) in [6.07, 6.45) is 13.1. The minimum absolute atomic E-state index is 0.0841. The quantitative estimate of drug-likeness (QED) is 0.175. The van der Waals surface area contributed by atoms with Gasteiger partial charge in [-0.05, 0) is 168 Å². The van der Waals surface area contributed by atoms with Gasteiger partial charge in [-0.2, -0.15) is 10.2 Å². The fraction of sp³-hybridized carbons (Fsp3) is 0.269. The molecule has 4 aliphatic rings. The fourth-order valence-corrected chi connectivity index (χ4v) is 13.3. The highest BCUT2D eigenvalue weighted by atomic mass is 32.1. The molecule has 0 aliphatic heterocycles. The highest BCUT2D eigenvalue weighted by molar-refractivity contribution is 7.19. The molecule has 2 saturated carbocycles. The Labute approximate surface area is 367 Å². The number of benzene rings is 4. The molecule has 10 heteroatoms. The lowest BCUT2D eigenvalue weighted by atomic mass is 9.68.